The second-order valence-corrected chi connectivity index (χ2v) is 9.68. The summed E-state index contributed by atoms with van der Waals surface area (Å²) in [6.07, 6.45) is 10.1. The molecule has 0 amide bonds. The number of likely N-dealkylation sites (tertiary alicyclic amines) is 1. The molecule has 1 spiro atoms. The number of halogens is 1. The number of benzene rings is 2. The summed E-state index contributed by atoms with van der Waals surface area (Å²) in [4.78, 5) is 8.04. The van der Waals surface area contributed by atoms with Crippen molar-refractivity contribution in [3.8, 4) is 0 Å². The van der Waals surface area contributed by atoms with E-state index in [2.05, 4.69) is 58.3 Å². The van der Waals surface area contributed by atoms with Gasteiger partial charge in [-0.15, -0.1) is 12.4 Å². The highest BCUT2D eigenvalue weighted by Crippen LogP contribution is 2.48. The number of fused-ring (bicyclic) bond motifs is 2. The van der Waals surface area contributed by atoms with Crippen molar-refractivity contribution in [3.05, 3.63) is 48.5 Å². The van der Waals surface area contributed by atoms with Crippen molar-refractivity contribution < 1.29 is 0 Å². The van der Waals surface area contributed by atoms with Gasteiger partial charge in [-0.05, 0) is 81.4 Å². The van der Waals surface area contributed by atoms with E-state index in [9.17, 15) is 0 Å². The summed E-state index contributed by atoms with van der Waals surface area (Å²) in [6.45, 7) is 4.99. The molecule has 2 aromatic rings. The second kappa shape index (κ2) is 8.69. The Balaban J connectivity index is 0.00000192. The number of para-hydroxylation sites is 2. The molecule has 2 fully saturated rings. The average molecular weight is 415 g/mol. The quantitative estimate of drug-likeness (QED) is 0.545. The van der Waals surface area contributed by atoms with E-state index < -0.39 is 0 Å². The van der Waals surface area contributed by atoms with Crippen LogP contribution >= 0.6 is 24.2 Å². The molecule has 1 saturated heterocycles. The van der Waals surface area contributed by atoms with Gasteiger partial charge in [0.15, 0.2) is 0 Å². The summed E-state index contributed by atoms with van der Waals surface area (Å²) in [7, 11) is 0. The molecule has 0 unspecified atom stereocenters. The van der Waals surface area contributed by atoms with Crippen LogP contribution in [-0.4, -0.2) is 31.1 Å². The lowest BCUT2D eigenvalue weighted by Crippen LogP contribution is -2.40. The standard InChI is InChI=1S/C24H30N2S.ClH/c1-3-10-22-20(8-1)26(21-9-2-4-11-23(21)27-22)17-7-16-25-18-14-24(15-19-25)12-5-6-13-24;/h1-4,8-11H,5-7,12-19H2;1H. The maximum Gasteiger partial charge on any atom is 0.0552 e. The fraction of sp³-hybridized carbons (Fsp3) is 0.500. The Morgan fingerprint density at radius 1 is 0.750 bits per heavy atom. The third-order valence-corrected chi connectivity index (χ3v) is 8.10. The van der Waals surface area contributed by atoms with Crippen molar-refractivity contribution in [1.29, 1.82) is 0 Å². The smallest absolute Gasteiger partial charge is 0.0552 e. The van der Waals surface area contributed by atoms with Crippen LogP contribution in [-0.2, 0) is 0 Å². The first-order valence-electron chi connectivity index (χ1n) is 10.7. The Labute approximate surface area is 180 Å². The van der Waals surface area contributed by atoms with E-state index in [0.717, 1.165) is 12.0 Å². The molecule has 2 heterocycles. The lowest BCUT2D eigenvalue weighted by molar-refractivity contribution is 0.108. The lowest BCUT2D eigenvalue weighted by Gasteiger charge is -2.40. The van der Waals surface area contributed by atoms with Crippen LogP contribution in [0.5, 0.6) is 0 Å². The third-order valence-electron chi connectivity index (χ3n) is 6.97. The minimum Gasteiger partial charge on any atom is -0.340 e. The Morgan fingerprint density at radius 3 is 1.93 bits per heavy atom. The highest BCUT2D eigenvalue weighted by molar-refractivity contribution is 7.99. The molecule has 5 rings (SSSR count). The minimum absolute atomic E-state index is 0. The normalized spacial score (nSPS) is 20.5. The molecule has 28 heavy (non-hydrogen) atoms. The fourth-order valence-electron chi connectivity index (χ4n) is 5.35. The van der Waals surface area contributed by atoms with Crippen LogP contribution in [0.25, 0.3) is 0 Å². The monoisotopic (exact) mass is 414 g/mol. The molecule has 0 aromatic heterocycles. The van der Waals surface area contributed by atoms with Gasteiger partial charge < -0.3 is 9.80 Å². The molecule has 3 aliphatic rings. The molecule has 0 radical (unpaired) electrons. The molecule has 1 saturated carbocycles. The highest BCUT2D eigenvalue weighted by atomic mass is 35.5. The van der Waals surface area contributed by atoms with Gasteiger partial charge in [-0.1, -0.05) is 48.9 Å². The Kier molecular flexibility index (Phi) is 6.24. The molecule has 0 atom stereocenters. The topological polar surface area (TPSA) is 6.48 Å². The molecule has 2 aromatic carbocycles. The minimum atomic E-state index is 0. The first-order valence-corrected chi connectivity index (χ1v) is 11.5. The average Bonchev–Trinajstić information content (AvgIpc) is 3.17. The van der Waals surface area contributed by atoms with E-state index in [1.54, 1.807) is 0 Å². The van der Waals surface area contributed by atoms with E-state index >= 15 is 0 Å². The Bertz CT molecular complexity index is 747. The van der Waals surface area contributed by atoms with Crippen LogP contribution in [0.3, 0.4) is 0 Å². The van der Waals surface area contributed by atoms with E-state index in [1.807, 2.05) is 11.8 Å². The number of piperidine rings is 1. The lowest BCUT2D eigenvalue weighted by atomic mass is 9.77. The molecule has 4 heteroatoms. The van der Waals surface area contributed by atoms with Crippen molar-refractivity contribution in [2.24, 2.45) is 5.41 Å². The van der Waals surface area contributed by atoms with Gasteiger partial charge in [0, 0.05) is 16.3 Å². The van der Waals surface area contributed by atoms with Gasteiger partial charge in [-0.2, -0.15) is 0 Å². The summed E-state index contributed by atoms with van der Waals surface area (Å²) in [5.74, 6) is 0. The molecule has 2 nitrogen and oxygen atoms in total. The number of anilines is 2. The first kappa shape index (κ1) is 20.1. The number of rotatable bonds is 4. The number of hydrogen-bond acceptors (Lipinski definition) is 3. The molecule has 0 N–H and O–H groups in total. The van der Waals surface area contributed by atoms with Gasteiger partial charge in [0.1, 0.15) is 0 Å². The van der Waals surface area contributed by atoms with Crippen molar-refractivity contribution in [2.45, 2.75) is 54.7 Å². The Morgan fingerprint density at radius 2 is 1.32 bits per heavy atom. The van der Waals surface area contributed by atoms with E-state index in [0.29, 0.717) is 0 Å². The van der Waals surface area contributed by atoms with Gasteiger partial charge in [0.2, 0.25) is 0 Å². The van der Waals surface area contributed by atoms with E-state index in [4.69, 9.17) is 0 Å². The van der Waals surface area contributed by atoms with Crippen LogP contribution in [0, 0.1) is 5.41 Å². The molecule has 2 aliphatic heterocycles. The number of hydrogen-bond donors (Lipinski definition) is 0. The van der Waals surface area contributed by atoms with Crippen LogP contribution in [0.2, 0.25) is 0 Å². The van der Waals surface area contributed by atoms with Crippen LogP contribution < -0.4 is 4.90 Å². The van der Waals surface area contributed by atoms with Crippen LogP contribution in [0.4, 0.5) is 11.4 Å². The maximum absolute atomic E-state index is 2.72. The van der Waals surface area contributed by atoms with Gasteiger partial charge in [-0.3, -0.25) is 0 Å². The summed E-state index contributed by atoms with van der Waals surface area (Å²) < 4.78 is 0. The predicted molar refractivity (Wildman–Crippen MR) is 122 cm³/mol. The predicted octanol–water partition coefficient (Wildman–Crippen LogP) is 6.76. The van der Waals surface area contributed by atoms with Crippen molar-refractivity contribution >= 4 is 35.5 Å². The number of nitrogens with zero attached hydrogens (tertiary/aromatic N) is 2. The van der Waals surface area contributed by atoms with Crippen LogP contribution in [0.1, 0.15) is 44.9 Å². The largest absolute Gasteiger partial charge is 0.340 e. The van der Waals surface area contributed by atoms with E-state index in [-0.39, 0.29) is 12.4 Å². The molecule has 0 bridgehead atoms. The molecule has 1 aliphatic carbocycles. The SMILES string of the molecule is Cl.c1ccc2c(c1)Sc1ccccc1N2CCCN1CCC2(CCCC2)CC1. The van der Waals surface area contributed by atoms with Gasteiger partial charge in [0.25, 0.3) is 0 Å². The van der Waals surface area contributed by atoms with E-state index in [1.165, 1.54) is 85.7 Å². The van der Waals surface area contributed by atoms with Crippen LogP contribution in [0.15, 0.2) is 58.3 Å². The Hall–Kier alpha value is -1.16. The summed E-state index contributed by atoms with van der Waals surface area (Å²) >= 11 is 1.91. The molecule has 150 valence electrons. The zero-order valence-electron chi connectivity index (χ0n) is 16.6. The maximum atomic E-state index is 2.72. The van der Waals surface area contributed by atoms with Crippen molar-refractivity contribution in [1.82, 2.24) is 4.90 Å². The van der Waals surface area contributed by atoms with Gasteiger partial charge in [-0.25, -0.2) is 0 Å². The summed E-state index contributed by atoms with van der Waals surface area (Å²) in [5, 5.41) is 0. The highest BCUT2D eigenvalue weighted by Gasteiger charge is 2.36. The molecular formula is C24H31ClN2S. The van der Waals surface area contributed by atoms with Gasteiger partial charge >= 0.3 is 0 Å². The summed E-state index contributed by atoms with van der Waals surface area (Å²) in [5.41, 5.74) is 3.49. The molecular weight excluding hydrogens is 384 g/mol. The third kappa shape index (κ3) is 3.94. The van der Waals surface area contributed by atoms with Crippen molar-refractivity contribution in [2.75, 3.05) is 31.1 Å². The zero-order chi connectivity index (χ0) is 18.1. The zero-order valence-corrected chi connectivity index (χ0v) is 18.2. The first-order chi connectivity index (χ1) is 13.3. The van der Waals surface area contributed by atoms with Crippen molar-refractivity contribution in [3.63, 3.8) is 0 Å². The van der Waals surface area contributed by atoms with Gasteiger partial charge in [0.05, 0.1) is 11.4 Å². The second-order valence-electron chi connectivity index (χ2n) is 8.59. The fourth-order valence-corrected chi connectivity index (χ4v) is 6.45. The summed E-state index contributed by atoms with van der Waals surface area (Å²) in [6, 6.07) is 17.7.